The molecule has 1 aromatic heterocycles. The molecule has 3 nitrogen and oxygen atoms in total. The molecule has 0 bridgehead atoms. The second kappa shape index (κ2) is 5.64. The van der Waals surface area contributed by atoms with Gasteiger partial charge in [0.15, 0.2) is 0 Å². The first-order chi connectivity index (χ1) is 10.0. The smallest absolute Gasteiger partial charge is 0.136 e. The summed E-state index contributed by atoms with van der Waals surface area (Å²) in [7, 11) is 0. The third kappa shape index (κ3) is 3.18. The third-order valence-electron chi connectivity index (χ3n) is 4.17. The van der Waals surface area contributed by atoms with Crippen molar-refractivity contribution in [3.8, 4) is 0 Å². The summed E-state index contributed by atoms with van der Waals surface area (Å²) in [6.45, 7) is 8.80. The predicted octanol–water partition coefficient (Wildman–Crippen LogP) is 3.59. The summed E-state index contributed by atoms with van der Waals surface area (Å²) in [5.74, 6) is 1.14. The molecule has 0 amide bonds. The van der Waals surface area contributed by atoms with E-state index >= 15 is 0 Å². The van der Waals surface area contributed by atoms with Crippen molar-refractivity contribution < 1.29 is 0 Å². The van der Waals surface area contributed by atoms with Crippen LogP contribution in [0, 0.1) is 0 Å². The van der Waals surface area contributed by atoms with Crippen molar-refractivity contribution in [3.05, 3.63) is 36.5 Å². The van der Waals surface area contributed by atoms with Crippen molar-refractivity contribution in [2.75, 3.05) is 18.0 Å². The topological polar surface area (TPSA) is 28.2 Å². The lowest BCUT2D eigenvalue weighted by atomic mass is 10.1. The van der Waals surface area contributed by atoms with Crippen molar-refractivity contribution in [2.45, 2.75) is 45.2 Å². The molecule has 1 saturated heterocycles. The molecule has 3 rings (SSSR count). The monoisotopic (exact) mass is 283 g/mol. The van der Waals surface area contributed by atoms with E-state index < -0.39 is 0 Å². The van der Waals surface area contributed by atoms with Gasteiger partial charge in [-0.05, 0) is 45.1 Å². The Balaban J connectivity index is 1.87. The first kappa shape index (κ1) is 14.3. The van der Waals surface area contributed by atoms with Gasteiger partial charge >= 0.3 is 0 Å². The van der Waals surface area contributed by atoms with Crippen LogP contribution < -0.4 is 10.2 Å². The number of hydrogen-bond acceptors (Lipinski definition) is 3. The van der Waals surface area contributed by atoms with Gasteiger partial charge in [0.05, 0.1) is 0 Å². The molecule has 21 heavy (non-hydrogen) atoms. The van der Waals surface area contributed by atoms with Gasteiger partial charge in [-0.3, -0.25) is 0 Å². The van der Waals surface area contributed by atoms with Crippen LogP contribution in [-0.4, -0.2) is 29.7 Å². The lowest BCUT2D eigenvalue weighted by Gasteiger charge is -2.30. The number of anilines is 1. The molecule has 0 aliphatic carbocycles. The van der Waals surface area contributed by atoms with Gasteiger partial charge in [0.1, 0.15) is 5.82 Å². The fourth-order valence-electron chi connectivity index (χ4n) is 3.08. The average Bonchev–Trinajstić information content (AvgIpc) is 2.92. The maximum absolute atomic E-state index is 4.68. The van der Waals surface area contributed by atoms with E-state index in [1.54, 1.807) is 0 Å². The van der Waals surface area contributed by atoms with Crippen LogP contribution in [-0.2, 0) is 0 Å². The Morgan fingerprint density at radius 1 is 1.24 bits per heavy atom. The van der Waals surface area contributed by atoms with E-state index in [1.165, 1.54) is 23.6 Å². The van der Waals surface area contributed by atoms with E-state index in [9.17, 15) is 0 Å². The Morgan fingerprint density at radius 2 is 2.05 bits per heavy atom. The molecule has 1 unspecified atom stereocenters. The van der Waals surface area contributed by atoms with Gasteiger partial charge in [0.2, 0.25) is 0 Å². The Bertz CT molecular complexity index is 610. The standard InChI is InChI=1S/C18H25N3/c1-18(2,3)20-13-15-8-6-12-21(15)17-16-9-5-4-7-14(16)10-11-19-17/h4-5,7,9-11,15,20H,6,8,12-13H2,1-3H3. The van der Waals surface area contributed by atoms with Crippen LogP contribution in [0.2, 0.25) is 0 Å². The summed E-state index contributed by atoms with van der Waals surface area (Å²) in [5.41, 5.74) is 0.167. The average molecular weight is 283 g/mol. The number of fused-ring (bicyclic) bond motifs is 1. The Kier molecular flexibility index (Phi) is 3.85. The van der Waals surface area contributed by atoms with Crippen molar-refractivity contribution >= 4 is 16.6 Å². The molecule has 1 aromatic carbocycles. The number of benzene rings is 1. The number of nitrogens with one attached hydrogen (secondary N) is 1. The van der Waals surface area contributed by atoms with Crippen LogP contribution in [0.1, 0.15) is 33.6 Å². The molecule has 1 aliphatic rings. The molecule has 1 fully saturated rings. The molecule has 2 aromatic rings. The summed E-state index contributed by atoms with van der Waals surface area (Å²) < 4.78 is 0. The van der Waals surface area contributed by atoms with Gasteiger partial charge in [-0.2, -0.15) is 0 Å². The minimum absolute atomic E-state index is 0.167. The van der Waals surface area contributed by atoms with Crippen molar-refractivity contribution in [1.82, 2.24) is 10.3 Å². The van der Waals surface area contributed by atoms with Crippen molar-refractivity contribution in [2.24, 2.45) is 0 Å². The Hall–Kier alpha value is -1.61. The van der Waals surface area contributed by atoms with Crippen LogP contribution in [0.5, 0.6) is 0 Å². The molecule has 1 atom stereocenters. The highest BCUT2D eigenvalue weighted by atomic mass is 15.2. The van der Waals surface area contributed by atoms with Crippen LogP contribution in [0.4, 0.5) is 5.82 Å². The summed E-state index contributed by atoms with van der Waals surface area (Å²) in [6, 6.07) is 11.2. The molecule has 112 valence electrons. The Morgan fingerprint density at radius 3 is 2.86 bits per heavy atom. The molecular weight excluding hydrogens is 258 g/mol. The number of rotatable bonds is 3. The largest absolute Gasteiger partial charge is 0.352 e. The minimum atomic E-state index is 0.167. The highest BCUT2D eigenvalue weighted by Crippen LogP contribution is 2.30. The van der Waals surface area contributed by atoms with Crippen molar-refractivity contribution in [1.29, 1.82) is 0 Å². The zero-order valence-corrected chi connectivity index (χ0v) is 13.3. The van der Waals surface area contributed by atoms with Crippen molar-refractivity contribution in [3.63, 3.8) is 0 Å². The maximum atomic E-state index is 4.68. The summed E-state index contributed by atoms with van der Waals surface area (Å²) in [5, 5.41) is 6.18. The van der Waals surface area contributed by atoms with Crippen LogP contribution in [0.25, 0.3) is 10.8 Å². The molecule has 0 saturated carbocycles. The number of hydrogen-bond donors (Lipinski definition) is 1. The van der Waals surface area contributed by atoms with E-state index in [4.69, 9.17) is 0 Å². The van der Waals surface area contributed by atoms with E-state index in [0.717, 1.165) is 18.9 Å². The number of nitrogens with zero attached hydrogens (tertiary/aromatic N) is 2. The van der Waals surface area contributed by atoms with E-state index in [1.807, 2.05) is 6.20 Å². The van der Waals surface area contributed by atoms with E-state index in [0.29, 0.717) is 6.04 Å². The van der Waals surface area contributed by atoms with Gasteiger partial charge in [0, 0.05) is 36.3 Å². The molecule has 3 heteroatoms. The lowest BCUT2D eigenvalue weighted by Crippen LogP contribution is -2.45. The van der Waals surface area contributed by atoms with Gasteiger partial charge in [-0.1, -0.05) is 24.3 Å². The van der Waals surface area contributed by atoms with Crippen LogP contribution >= 0.6 is 0 Å². The number of aromatic nitrogens is 1. The third-order valence-corrected chi connectivity index (χ3v) is 4.17. The molecule has 1 aliphatic heterocycles. The van der Waals surface area contributed by atoms with Gasteiger partial charge in [-0.25, -0.2) is 4.98 Å². The zero-order chi connectivity index (χ0) is 14.9. The lowest BCUT2D eigenvalue weighted by molar-refractivity contribution is 0.405. The SMILES string of the molecule is CC(C)(C)NCC1CCCN1c1nccc2ccccc12. The van der Waals surface area contributed by atoms with Gasteiger partial charge in [0.25, 0.3) is 0 Å². The first-order valence-corrected chi connectivity index (χ1v) is 7.90. The highest BCUT2D eigenvalue weighted by Gasteiger charge is 2.27. The Labute approximate surface area is 127 Å². The summed E-state index contributed by atoms with van der Waals surface area (Å²) in [6.07, 6.45) is 4.43. The normalized spacial score (nSPS) is 19.4. The van der Waals surface area contributed by atoms with Crippen LogP contribution in [0.3, 0.4) is 0 Å². The van der Waals surface area contributed by atoms with Gasteiger partial charge in [-0.15, -0.1) is 0 Å². The maximum Gasteiger partial charge on any atom is 0.136 e. The van der Waals surface area contributed by atoms with Gasteiger partial charge < -0.3 is 10.2 Å². The second-order valence-electron chi connectivity index (χ2n) is 6.98. The zero-order valence-electron chi connectivity index (χ0n) is 13.3. The molecule has 2 heterocycles. The molecular formula is C18H25N3. The first-order valence-electron chi connectivity index (χ1n) is 7.90. The summed E-state index contributed by atoms with van der Waals surface area (Å²) in [4.78, 5) is 7.17. The van der Waals surface area contributed by atoms with E-state index in [-0.39, 0.29) is 5.54 Å². The fraction of sp³-hybridized carbons (Fsp3) is 0.500. The highest BCUT2D eigenvalue weighted by molar-refractivity contribution is 5.92. The fourth-order valence-corrected chi connectivity index (χ4v) is 3.08. The van der Waals surface area contributed by atoms with E-state index in [2.05, 4.69) is 66.3 Å². The quantitative estimate of drug-likeness (QED) is 0.933. The summed E-state index contributed by atoms with van der Waals surface area (Å²) >= 11 is 0. The predicted molar refractivity (Wildman–Crippen MR) is 89.9 cm³/mol. The molecule has 0 spiro atoms. The molecule has 1 N–H and O–H groups in total. The van der Waals surface area contributed by atoms with Crippen LogP contribution in [0.15, 0.2) is 36.5 Å². The minimum Gasteiger partial charge on any atom is -0.352 e. The molecule has 0 radical (unpaired) electrons. The number of pyridine rings is 1. The second-order valence-corrected chi connectivity index (χ2v) is 6.98.